The quantitative estimate of drug-likeness (QED) is 0.827. The van der Waals surface area contributed by atoms with Crippen LogP contribution in [0.2, 0.25) is 0 Å². The Kier molecular flexibility index (Phi) is 4.98. The van der Waals surface area contributed by atoms with Crippen LogP contribution in [0.3, 0.4) is 0 Å². The number of rotatable bonds is 4. The lowest BCUT2D eigenvalue weighted by molar-refractivity contribution is -0.129. The fourth-order valence-electron chi connectivity index (χ4n) is 3.54. The molecule has 1 aliphatic carbocycles. The zero-order chi connectivity index (χ0) is 17.1. The van der Waals surface area contributed by atoms with Crippen molar-refractivity contribution < 1.29 is 9.18 Å². The highest BCUT2D eigenvalue weighted by molar-refractivity contribution is 5.85. The number of anilines is 1. The molecule has 1 aliphatic rings. The van der Waals surface area contributed by atoms with E-state index in [4.69, 9.17) is 0 Å². The fraction of sp³-hybridized carbons (Fsp3) is 0.381. The van der Waals surface area contributed by atoms with Crippen LogP contribution >= 0.6 is 0 Å². The molecule has 0 spiro atoms. The lowest BCUT2D eigenvalue weighted by atomic mass is 9.75. The predicted octanol–water partition coefficient (Wildman–Crippen LogP) is 5.29. The third-order valence-electron chi connectivity index (χ3n) is 5.01. The summed E-state index contributed by atoms with van der Waals surface area (Å²) in [6.07, 6.45) is 2.91. The SMILES string of the molecule is Cc1ccc(N[C@@H](c2ccc(F)cc2)[C@H]2CCC[C@H](C)C2=O)cc1. The molecule has 126 valence electrons. The molecule has 0 amide bonds. The van der Waals surface area contributed by atoms with Gasteiger partial charge in [0.25, 0.3) is 0 Å². The Bertz CT molecular complexity index is 693. The minimum Gasteiger partial charge on any atom is -0.378 e. The summed E-state index contributed by atoms with van der Waals surface area (Å²) in [4.78, 5) is 12.7. The molecule has 24 heavy (non-hydrogen) atoms. The van der Waals surface area contributed by atoms with Gasteiger partial charge in [0.2, 0.25) is 0 Å². The standard InChI is InChI=1S/C21H24FNO/c1-14-6-12-18(13-7-14)23-20(16-8-10-17(22)11-9-16)19-5-3-4-15(2)21(19)24/h6-13,15,19-20,23H,3-5H2,1-2H3/t15-,19+,20-/m0/s1. The molecule has 2 aromatic carbocycles. The molecule has 0 saturated heterocycles. The van der Waals surface area contributed by atoms with Gasteiger partial charge in [0, 0.05) is 17.5 Å². The second-order valence-electron chi connectivity index (χ2n) is 6.88. The largest absolute Gasteiger partial charge is 0.378 e. The van der Waals surface area contributed by atoms with Gasteiger partial charge in [-0.3, -0.25) is 4.79 Å². The minimum atomic E-state index is -0.254. The number of ketones is 1. The fourth-order valence-corrected chi connectivity index (χ4v) is 3.54. The van der Waals surface area contributed by atoms with Gasteiger partial charge in [-0.05, 0) is 49.6 Å². The first-order valence-corrected chi connectivity index (χ1v) is 8.67. The lowest BCUT2D eigenvalue weighted by Gasteiger charge is -2.33. The summed E-state index contributed by atoms with van der Waals surface area (Å²) in [6, 6.07) is 14.5. The van der Waals surface area contributed by atoms with Gasteiger partial charge in [0.15, 0.2) is 0 Å². The number of benzene rings is 2. The van der Waals surface area contributed by atoms with E-state index in [2.05, 4.69) is 17.4 Å². The number of aryl methyl sites for hydroxylation is 1. The van der Waals surface area contributed by atoms with Crippen LogP contribution in [0.4, 0.5) is 10.1 Å². The van der Waals surface area contributed by atoms with Gasteiger partial charge in [0.05, 0.1) is 6.04 Å². The first-order valence-electron chi connectivity index (χ1n) is 8.67. The molecule has 3 heteroatoms. The van der Waals surface area contributed by atoms with Gasteiger partial charge >= 0.3 is 0 Å². The zero-order valence-electron chi connectivity index (χ0n) is 14.3. The summed E-state index contributed by atoms with van der Waals surface area (Å²) in [6.45, 7) is 4.07. The van der Waals surface area contributed by atoms with E-state index >= 15 is 0 Å². The van der Waals surface area contributed by atoms with Crippen LogP contribution in [0.1, 0.15) is 43.4 Å². The Morgan fingerprint density at radius 3 is 2.38 bits per heavy atom. The molecule has 0 unspecified atom stereocenters. The topological polar surface area (TPSA) is 29.1 Å². The van der Waals surface area contributed by atoms with Crippen molar-refractivity contribution in [2.24, 2.45) is 11.8 Å². The van der Waals surface area contributed by atoms with Crippen molar-refractivity contribution >= 4 is 11.5 Å². The van der Waals surface area contributed by atoms with Crippen molar-refractivity contribution in [3.05, 3.63) is 65.5 Å². The number of halogens is 1. The monoisotopic (exact) mass is 325 g/mol. The summed E-state index contributed by atoms with van der Waals surface area (Å²) in [5.41, 5.74) is 3.15. The zero-order valence-corrected chi connectivity index (χ0v) is 14.3. The third-order valence-corrected chi connectivity index (χ3v) is 5.01. The van der Waals surface area contributed by atoms with Crippen LogP contribution in [0.25, 0.3) is 0 Å². The van der Waals surface area contributed by atoms with Crippen molar-refractivity contribution in [1.29, 1.82) is 0 Å². The highest BCUT2D eigenvalue weighted by atomic mass is 19.1. The molecule has 0 heterocycles. The molecule has 2 nitrogen and oxygen atoms in total. The van der Waals surface area contributed by atoms with E-state index in [9.17, 15) is 9.18 Å². The number of carbonyl (C=O) groups excluding carboxylic acids is 1. The molecule has 0 aliphatic heterocycles. The van der Waals surface area contributed by atoms with Gasteiger partial charge in [-0.1, -0.05) is 43.2 Å². The second kappa shape index (κ2) is 7.16. The van der Waals surface area contributed by atoms with Gasteiger partial charge in [0.1, 0.15) is 11.6 Å². The molecule has 2 aromatic rings. The van der Waals surface area contributed by atoms with Gasteiger partial charge < -0.3 is 5.32 Å². The van der Waals surface area contributed by atoms with E-state index in [1.54, 1.807) is 12.1 Å². The number of hydrogen-bond donors (Lipinski definition) is 1. The highest BCUT2D eigenvalue weighted by Gasteiger charge is 2.35. The summed E-state index contributed by atoms with van der Waals surface area (Å²) >= 11 is 0. The van der Waals surface area contributed by atoms with Crippen molar-refractivity contribution in [1.82, 2.24) is 0 Å². The normalized spacial score (nSPS) is 22.2. The van der Waals surface area contributed by atoms with Crippen LogP contribution in [0, 0.1) is 24.6 Å². The van der Waals surface area contributed by atoms with E-state index in [1.807, 2.05) is 26.0 Å². The van der Waals surface area contributed by atoms with Crippen LogP contribution in [0.15, 0.2) is 48.5 Å². The lowest BCUT2D eigenvalue weighted by Crippen LogP contribution is -2.34. The van der Waals surface area contributed by atoms with E-state index < -0.39 is 0 Å². The van der Waals surface area contributed by atoms with Crippen molar-refractivity contribution in [3.63, 3.8) is 0 Å². The third kappa shape index (κ3) is 3.66. The van der Waals surface area contributed by atoms with E-state index in [0.717, 1.165) is 30.5 Å². The predicted molar refractivity (Wildman–Crippen MR) is 95.5 cm³/mol. The first-order chi connectivity index (χ1) is 11.5. The molecular weight excluding hydrogens is 301 g/mol. The molecule has 1 N–H and O–H groups in total. The molecule has 3 atom stereocenters. The first kappa shape index (κ1) is 16.7. The molecule has 0 aromatic heterocycles. The van der Waals surface area contributed by atoms with Crippen LogP contribution in [-0.2, 0) is 4.79 Å². The maximum Gasteiger partial charge on any atom is 0.141 e. The average molecular weight is 325 g/mol. The van der Waals surface area contributed by atoms with Crippen LogP contribution in [-0.4, -0.2) is 5.78 Å². The number of nitrogens with one attached hydrogen (secondary N) is 1. The van der Waals surface area contributed by atoms with E-state index in [-0.39, 0.29) is 23.7 Å². The van der Waals surface area contributed by atoms with Gasteiger partial charge in [-0.2, -0.15) is 0 Å². The molecule has 3 rings (SSSR count). The van der Waals surface area contributed by atoms with E-state index in [1.165, 1.54) is 17.7 Å². The number of Topliss-reactive ketones (excluding diaryl/α,β-unsaturated/α-hetero) is 1. The van der Waals surface area contributed by atoms with Crippen LogP contribution < -0.4 is 5.32 Å². The van der Waals surface area contributed by atoms with Crippen LogP contribution in [0.5, 0.6) is 0 Å². The van der Waals surface area contributed by atoms with Gasteiger partial charge in [-0.15, -0.1) is 0 Å². The maximum atomic E-state index is 13.3. The van der Waals surface area contributed by atoms with E-state index in [0.29, 0.717) is 5.78 Å². The Morgan fingerprint density at radius 2 is 1.71 bits per heavy atom. The highest BCUT2D eigenvalue weighted by Crippen LogP contribution is 2.37. The molecule has 0 radical (unpaired) electrons. The minimum absolute atomic E-state index is 0.0690. The van der Waals surface area contributed by atoms with Crippen molar-refractivity contribution in [2.75, 3.05) is 5.32 Å². The maximum absolute atomic E-state index is 13.3. The average Bonchev–Trinajstić information content (AvgIpc) is 2.58. The van der Waals surface area contributed by atoms with Crippen molar-refractivity contribution in [3.8, 4) is 0 Å². The number of hydrogen-bond acceptors (Lipinski definition) is 2. The molecule has 0 bridgehead atoms. The Morgan fingerprint density at radius 1 is 1.04 bits per heavy atom. The molecule has 1 fully saturated rings. The van der Waals surface area contributed by atoms with Gasteiger partial charge in [-0.25, -0.2) is 4.39 Å². The Labute approximate surface area is 143 Å². The molecule has 1 saturated carbocycles. The Balaban J connectivity index is 1.92. The Hall–Kier alpha value is -2.16. The summed E-state index contributed by atoms with van der Waals surface area (Å²) in [5, 5.41) is 3.52. The number of carbonyl (C=O) groups is 1. The summed E-state index contributed by atoms with van der Waals surface area (Å²) in [5.74, 6) is 0.0957. The summed E-state index contributed by atoms with van der Waals surface area (Å²) in [7, 11) is 0. The second-order valence-corrected chi connectivity index (χ2v) is 6.88. The van der Waals surface area contributed by atoms with Crippen molar-refractivity contribution in [2.45, 2.75) is 39.2 Å². The molecular formula is C21H24FNO. The smallest absolute Gasteiger partial charge is 0.141 e. The summed E-state index contributed by atoms with van der Waals surface area (Å²) < 4.78 is 13.3.